The van der Waals surface area contributed by atoms with Gasteiger partial charge in [-0.2, -0.15) is 4.31 Å². The minimum atomic E-state index is -3.71. The van der Waals surface area contributed by atoms with Crippen molar-refractivity contribution < 1.29 is 13.2 Å². The summed E-state index contributed by atoms with van der Waals surface area (Å²) in [7, 11) is -0.784. The Morgan fingerprint density at radius 3 is 2.71 bits per heavy atom. The molecule has 1 aromatic heterocycles. The van der Waals surface area contributed by atoms with Crippen LogP contribution in [-0.2, 0) is 16.6 Å². The van der Waals surface area contributed by atoms with E-state index in [2.05, 4.69) is 4.98 Å². The zero-order valence-corrected chi connectivity index (χ0v) is 13.2. The minimum absolute atomic E-state index is 0.0453. The van der Waals surface area contributed by atoms with E-state index in [4.69, 9.17) is 16.3 Å². The summed E-state index contributed by atoms with van der Waals surface area (Å²) in [6.07, 6.45) is 3.26. The molecule has 0 N–H and O–H groups in total. The summed E-state index contributed by atoms with van der Waals surface area (Å²) in [5.41, 5.74) is 0.796. The van der Waals surface area contributed by atoms with Crippen LogP contribution in [0.2, 0.25) is 5.02 Å². The number of hydrogen-bond donors (Lipinski definition) is 0. The van der Waals surface area contributed by atoms with Gasteiger partial charge in [0.1, 0.15) is 10.6 Å². The largest absolute Gasteiger partial charge is 0.495 e. The molecule has 2 rings (SSSR count). The van der Waals surface area contributed by atoms with E-state index in [-0.39, 0.29) is 17.2 Å². The van der Waals surface area contributed by atoms with Crippen LogP contribution in [-0.4, -0.2) is 31.9 Å². The lowest BCUT2D eigenvalue weighted by atomic mass is 10.3. The molecule has 2 aromatic rings. The van der Waals surface area contributed by atoms with E-state index in [1.807, 2.05) is 6.07 Å². The SMILES string of the molecule is COc1ccc(Cl)cc1S(=O)(=O)N(C)Cc1cccnc1. The maximum Gasteiger partial charge on any atom is 0.246 e. The molecule has 0 aliphatic heterocycles. The van der Waals surface area contributed by atoms with E-state index in [9.17, 15) is 8.42 Å². The number of sulfonamides is 1. The number of hydrogen-bond acceptors (Lipinski definition) is 4. The average molecular weight is 327 g/mol. The van der Waals surface area contributed by atoms with Gasteiger partial charge in [0, 0.05) is 31.0 Å². The number of nitrogens with zero attached hydrogens (tertiary/aromatic N) is 2. The molecule has 0 unspecified atom stereocenters. The Morgan fingerprint density at radius 1 is 1.33 bits per heavy atom. The number of aromatic nitrogens is 1. The summed E-state index contributed by atoms with van der Waals surface area (Å²) in [6.45, 7) is 0.214. The molecule has 0 saturated heterocycles. The molecule has 0 spiro atoms. The minimum Gasteiger partial charge on any atom is -0.495 e. The van der Waals surface area contributed by atoms with Crippen LogP contribution in [0.5, 0.6) is 5.75 Å². The molecule has 0 aliphatic carbocycles. The van der Waals surface area contributed by atoms with E-state index in [1.165, 1.54) is 30.6 Å². The number of ether oxygens (including phenoxy) is 1. The predicted molar refractivity (Wildman–Crippen MR) is 80.9 cm³/mol. The smallest absolute Gasteiger partial charge is 0.246 e. The topological polar surface area (TPSA) is 59.5 Å². The molecule has 21 heavy (non-hydrogen) atoms. The zero-order chi connectivity index (χ0) is 15.5. The normalized spacial score (nSPS) is 11.6. The maximum atomic E-state index is 12.6. The van der Waals surface area contributed by atoms with Crippen LogP contribution in [0.25, 0.3) is 0 Å². The third kappa shape index (κ3) is 3.53. The van der Waals surface area contributed by atoms with Gasteiger partial charge in [0.05, 0.1) is 7.11 Å². The Kier molecular flexibility index (Phi) is 4.82. The number of rotatable bonds is 5. The summed E-state index contributed by atoms with van der Waals surface area (Å²) in [6, 6.07) is 8.08. The van der Waals surface area contributed by atoms with Crippen molar-refractivity contribution in [2.75, 3.05) is 14.2 Å². The van der Waals surface area contributed by atoms with Gasteiger partial charge >= 0.3 is 0 Å². The highest BCUT2D eigenvalue weighted by atomic mass is 35.5. The fourth-order valence-electron chi connectivity index (χ4n) is 1.85. The van der Waals surface area contributed by atoms with Crippen molar-refractivity contribution in [2.24, 2.45) is 0 Å². The van der Waals surface area contributed by atoms with Gasteiger partial charge in [0.25, 0.3) is 0 Å². The Bertz CT molecular complexity index is 720. The molecule has 7 heteroatoms. The van der Waals surface area contributed by atoms with E-state index in [0.717, 1.165) is 5.56 Å². The van der Waals surface area contributed by atoms with Crippen molar-refractivity contribution in [2.45, 2.75) is 11.4 Å². The fourth-order valence-corrected chi connectivity index (χ4v) is 3.43. The first-order valence-corrected chi connectivity index (χ1v) is 7.95. The highest BCUT2D eigenvalue weighted by Crippen LogP contribution is 2.29. The Balaban J connectivity index is 2.35. The standard InChI is InChI=1S/C14H15ClN2O3S/c1-17(10-11-4-3-7-16-9-11)21(18,19)14-8-12(15)5-6-13(14)20-2/h3-9H,10H2,1-2H3. The number of methoxy groups -OCH3 is 1. The summed E-state index contributed by atoms with van der Waals surface area (Å²) >= 11 is 5.90. The van der Waals surface area contributed by atoms with E-state index >= 15 is 0 Å². The van der Waals surface area contributed by atoms with Gasteiger partial charge in [0.2, 0.25) is 10.0 Å². The van der Waals surface area contributed by atoms with Crippen LogP contribution in [0.15, 0.2) is 47.6 Å². The molecular formula is C14H15ClN2O3S. The van der Waals surface area contributed by atoms with Gasteiger partial charge in [-0.3, -0.25) is 4.98 Å². The summed E-state index contributed by atoms with van der Waals surface area (Å²) in [5, 5.41) is 0.337. The molecule has 0 amide bonds. The number of benzene rings is 1. The lowest BCUT2D eigenvalue weighted by molar-refractivity contribution is 0.397. The molecule has 0 bridgehead atoms. The summed E-state index contributed by atoms with van der Waals surface area (Å²) in [4.78, 5) is 4.02. The molecule has 1 aromatic carbocycles. The summed E-state index contributed by atoms with van der Waals surface area (Å²) < 4.78 is 31.6. The third-order valence-corrected chi connectivity index (χ3v) is 5.00. The second-order valence-corrected chi connectivity index (χ2v) is 6.87. The van der Waals surface area contributed by atoms with E-state index < -0.39 is 10.0 Å². The van der Waals surface area contributed by atoms with Crippen molar-refractivity contribution >= 4 is 21.6 Å². The van der Waals surface area contributed by atoms with Crippen molar-refractivity contribution in [1.29, 1.82) is 0 Å². The lowest BCUT2D eigenvalue weighted by Crippen LogP contribution is -2.27. The molecule has 0 aliphatic rings. The monoisotopic (exact) mass is 326 g/mol. The molecule has 5 nitrogen and oxygen atoms in total. The molecule has 0 saturated carbocycles. The first-order chi connectivity index (χ1) is 9.95. The Hall–Kier alpha value is -1.63. The van der Waals surface area contributed by atoms with Crippen LogP contribution >= 0.6 is 11.6 Å². The first kappa shape index (κ1) is 15.8. The van der Waals surface area contributed by atoms with Gasteiger partial charge in [0.15, 0.2) is 0 Å². The second-order valence-electron chi connectivity index (χ2n) is 4.42. The predicted octanol–water partition coefficient (Wildman–Crippen LogP) is 2.56. The van der Waals surface area contributed by atoms with Gasteiger partial charge in [-0.25, -0.2) is 8.42 Å². The number of pyridine rings is 1. The van der Waals surface area contributed by atoms with Crippen molar-refractivity contribution in [3.05, 3.63) is 53.3 Å². The fraction of sp³-hybridized carbons (Fsp3) is 0.214. The van der Waals surface area contributed by atoms with Gasteiger partial charge in [-0.1, -0.05) is 17.7 Å². The average Bonchev–Trinajstić information content (AvgIpc) is 2.48. The van der Waals surface area contributed by atoms with Gasteiger partial charge in [-0.15, -0.1) is 0 Å². The van der Waals surface area contributed by atoms with Crippen molar-refractivity contribution in [3.63, 3.8) is 0 Å². The molecular weight excluding hydrogens is 312 g/mol. The Labute approximate surface area is 129 Å². The molecule has 0 radical (unpaired) electrons. The zero-order valence-electron chi connectivity index (χ0n) is 11.7. The molecule has 1 heterocycles. The van der Waals surface area contributed by atoms with Crippen molar-refractivity contribution in [1.82, 2.24) is 9.29 Å². The van der Waals surface area contributed by atoms with E-state index in [1.54, 1.807) is 24.5 Å². The van der Waals surface area contributed by atoms with Gasteiger partial charge < -0.3 is 4.74 Å². The van der Waals surface area contributed by atoms with Crippen LogP contribution < -0.4 is 4.74 Å². The molecule has 0 atom stereocenters. The quantitative estimate of drug-likeness (QED) is 0.847. The highest BCUT2D eigenvalue weighted by Gasteiger charge is 2.25. The van der Waals surface area contributed by atoms with Crippen molar-refractivity contribution in [3.8, 4) is 5.75 Å². The van der Waals surface area contributed by atoms with Crippen LogP contribution in [0.1, 0.15) is 5.56 Å². The van der Waals surface area contributed by atoms with Crippen LogP contribution in [0.3, 0.4) is 0 Å². The van der Waals surface area contributed by atoms with E-state index in [0.29, 0.717) is 5.02 Å². The highest BCUT2D eigenvalue weighted by molar-refractivity contribution is 7.89. The van der Waals surface area contributed by atoms with Crippen LogP contribution in [0, 0.1) is 0 Å². The molecule has 112 valence electrons. The lowest BCUT2D eigenvalue weighted by Gasteiger charge is -2.19. The third-order valence-electron chi connectivity index (χ3n) is 2.94. The maximum absolute atomic E-state index is 12.6. The first-order valence-electron chi connectivity index (χ1n) is 6.14. The van der Waals surface area contributed by atoms with Gasteiger partial charge in [-0.05, 0) is 29.8 Å². The summed E-state index contributed by atoms with van der Waals surface area (Å²) in [5.74, 6) is 0.262. The Morgan fingerprint density at radius 2 is 2.10 bits per heavy atom. The molecule has 0 fully saturated rings. The second kappa shape index (κ2) is 6.43. The number of halogens is 1. The van der Waals surface area contributed by atoms with Crippen LogP contribution in [0.4, 0.5) is 0 Å².